The molecule has 0 aliphatic carbocycles. The molecule has 5 rings (SSSR count). The lowest BCUT2D eigenvalue weighted by molar-refractivity contribution is -0.126. The summed E-state index contributed by atoms with van der Waals surface area (Å²) < 4.78 is 16.6. The van der Waals surface area contributed by atoms with Gasteiger partial charge in [0.15, 0.2) is 17.6 Å². The summed E-state index contributed by atoms with van der Waals surface area (Å²) in [5, 5.41) is 1.90. The number of carbonyl (C=O) groups is 2. The summed E-state index contributed by atoms with van der Waals surface area (Å²) in [5.74, 6) is -0.342. The van der Waals surface area contributed by atoms with Gasteiger partial charge in [0.2, 0.25) is 5.91 Å². The van der Waals surface area contributed by atoms with Gasteiger partial charge in [0.1, 0.15) is 17.7 Å². The first-order valence-corrected chi connectivity index (χ1v) is 11.3. The van der Waals surface area contributed by atoms with Crippen molar-refractivity contribution in [1.29, 1.82) is 0 Å². The van der Waals surface area contributed by atoms with Crippen LogP contribution in [0.4, 0.5) is 11.4 Å². The Morgan fingerprint density at radius 3 is 2.09 bits per heavy atom. The maximum absolute atomic E-state index is 13.8. The number of halogens is 1. The highest BCUT2D eigenvalue weighted by molar-refractivity contribution is 6.36. The minimum absolute atomic E-state index is 0.300. The van der Waals surface area contributed by atoms with Crippen molar-refractivity contribution in [2.45, 2.75) is 12.1 Å². The van der Waals surface area contributed by atoms with E-state index >= 15 is 0 Å². The van der Waals surface area contributed by atoms with Gasteiger partial charge in [-0.15, -0.1) is 0 Å². The molecule has 3 atom stereocenters. The van der Waals surface area contributed by atoms with E-state index < -0.39 is 29.9 Å². The second kappa shape index (κ2) is 9.13. The molecule has 9 heteroatoms. The van der Waals surface area contributed by atoms with Crippen LogP contribution in [0.15, 0.2) is 66.7 Å². The summed E-state index contributed by atoms with van der Waals surface area (Å²) in [5.41, 5.74) is 1.63. The Labute approximate surface area is 207 Å². The molecular weight excluding hydrogens is 472 g/mol. The number of hydrogen-bond acceptors (Lipinski definition) is 7. The molecule has 3 aromatic carbocycles. The minimum atomic E-state index is -1.04. The predicted molar refractivity (Wildman–Crippen MR) is 130 cm³/mol. The second-order valence-corrected chi connectivity index (χ2v) is 8.48. The number of benzene rings is 3. The zero-order valence-corrected chi connectivity index (χ0v) is 20.1. The fourth-order valence-electron chi connectivity index (χ4n) is 4.68. The second-order valence-electron chi connectivity index (χ2n) is 8.07. The topological polar surface area (TPSA) is 77.5 Å². The van der Waals surface area contributed by atoms with E-state index in [0.29, 0.717) is 39.2 Å². The zero-order chi connectivity index (χ0) is 24.7. The zero-order valence-electron chi connectivity index (χ0n) is 19.3. The highest BCUT2D eigenvalue weighted by atomic mass is 35.5. The SMILES string of the molecule is COc1cc(OC)c([C@@H]2[C@H]3C(=O)N(c4ccccc4Cl)C(=O)[C@H]3ON2c2ccccc2)cc1OC. The van der Waals surface area contributed by atoms with Crippen LogP contribution in [0.25, 0.3) is 0 Å². The highest BCUT2D eigenvalue weighted by Gasteiger charge is 2.61. The highest BCUT2D eigenvalue weighted by Crippen LogP contribution is 2.51. The largest absolute Gasteiger partial charge is 0.496 e. The predicted octanol–water partition coefficient (Wildman–Crippen LogP) is 4.42. The lowest BCUT2D eigenvalue weighted by Gasteiger charge is -2.30. The van der Waals surface area contributed by atoms with Crippen molar-refractivity contribution < 1.29 is 28.6 Å². The van der Waals surface area contributed by atoms with Gasteiger partial charge in [0, 0.05) is 11.6 Å². The first-order chi connectivity index (χ1) is 17.0. The quantitative estimate of drug-likeness (QED) is 0.469. The molecule has 0 bridgehead atoms. The molecule has 2 fully saturated rings. The number of hydrogen-bond donors (Lipinski definition) is 0. The summed E-state index contributed by atoms with van der Waals surface area (Å²) in [6, 6.07) is 18.8. The first-order valence-electron chi connectivity index (χ1n) is 10.9. The van der Waals surface area contributed by atoms with Gasteiger partial charge in [-0.25, -0.2) is 9.96 Å². The molecule has 180 valence electrons. The third-order valence-corrected chi connectivity index (χ3v) is 6.59. The molecule has 35 heavy (non-hydrogen) atoms. The van der Waals surface area contributed by atoms with Crippen molar-refractivity contribution in [3.63, 3.8) is 0 Å². The van der Waals surface area contributed by atoms with Gasteiger partial charge >= 0.3 is 0 Å². The monoisotopic (exact) mass is 494 g/mol. The average Bonchev–Trinajstić information content (AvgIpc) is 3.39. The van der Waals surface area contributed by atoms with E-state index in [1.807, 2.05) is 30.3 Å². The molecule has 8 nitrogen and oxygen atoms in total. The van der Waals surface area contributed by atoms with Gasteiger partial charge in [-0.1, -0.05) is 41.9 Å². The van der Waals surface area contributed by atoms with E-state index in [-0.39, 0.29) is 0 Å². The summed E-state index contributed by atoms with van der Waals surface area (Å²) in [4.78, 5) is 34.6. The Hall–Kier alpha value is -3.75. The van der Waals surface area contributed by atoms with Crippen LogP contribution in [0.5, 0.6) is 17.2 Å². The van der Waals surface area contributed by atoms with Gasteiger partial charge in [-0.3, -0.25) is 14.4 Å². The molecule has 0 radical (unpaired) electrons. The Morgan fingerprint density at radius 2 is 1.43 bits per heavy atom. The van der Waals surface area contributed by atoms with Crippen LogP contribution in [0, 0.1) is 5.92 Å². The molecule has 2 amide bonds. The maximum Gasteiger partial charge on any atom is 0.266 e. The van der Waals surface area contributed by atoms with Crippen LogP contribution in [-0.2, 0) is 14.4 Å². The summed E-state index contributed by atoms with van der Waals surface area (Å²) in [6.07, 6.45) is -1.04. The summed E-state index contributed by atoms with van der Waals surface area (Å²) in [6.45, 7) is 0. The number of para-hydroxylation sites is 2. The number of carbonyl (C=O) groups excluding carboxylic acids is 2. The molecule has 0 unspecified atom stereocenters. The maximum atomic E-state index is 13.8. The lowest BCUT2D eigenvalue weighted by Crippen LogP contribution is -2.37. The van der Waals surface area contributed by atoms with Gasteiger partial charge in [0.05, 0.1) is 37.7 Å². The number of fused-ring (bicyclic) bond motifs is 1. The number of nitrogens with zero attached hydrogens (tertiary/aromatic N) is 2. The van der Waals surface area contributed by atoms with Crippen molar-refractivity contribution in [2.24, 2.45) is 5.92 Å². The van der Waals surface area contributed by atoms with Gasteiger partial charge < -0.3 is 14.2 Å². The smallest absolute Gasteiger partial charge is 0.266 e. The molecule has 0 N–H and O–H groups in total. The van der Waals surface area contributed by atoms with E-state index in [4.69, 9.17) is 30.6 Å². The van der Waals surface area contributed by atoms with E-state index in [9.17, 15) is 9.59 Å². The third kappa shape index (κ3) is 3.66. The fourth-order valence-corrected chi connectivity index (χ4v) is 4.90. The van der Waals surface area contributed by atoms with E-state index in [0.717, 1.165) is 4.90 Å². The molecule has 2 aliphatic rings. The van der Waals surface area contributed by atoms with Crippen molar-refractivity contribution in [3.8, 4) is 17.2 Å². The Bertz CT molecular complexity index is 1280. The molecule has 2 saturated heterocycles. The van der Waals surface area contributed by atoms with Crippen molar-refractivity contribution in [1.82, 2.24) is 0 Å². The number of hydroxylamine groups is 1. The Morgan fingerprint density at radius 1 is 0.800 bits per heavy atom. The number of anilines is 2. The fraction of sp³-hybridized carbons (Fsp3) is 0.231. The van der Waals surface area contributed by atoms with Crippen molar-refractivity contribution >= 4 is 34.8 Å². The summed E-state index contributed by atoms with van der Waals surface area (Å²) >= 11 is 6.34. The van der Waals surface area contributed by atoms with E-state index in [2.05, 4.69) is 0 Å². The van der Waals surface area contributed by atoms with Crippen LogP contribution < -0.4 is 24.2 Å². The normalized spacial score (nSPS) is 21.3. The molecule has 2 aliphatic heterocycles. The molecule has 2 heterocycles. The van der Waals surface area contributed by atoms with Crippen LogP contribution >= 0.6 is 11.6 Å². The summed E-state index contributed by atoms with van der Waals surface area (Å²) in [7, 11) is 4.59. The van der Waals surface area contributed by atoms with E-state index in [1.54, 1.807) is 41.5 Å². The van der Waals surface area contributed by atoms with Crippen LogP contribution in [0.1, 0.15) is 11.6 Å². The number of methoxy groups -OCH3 is 3. The number of imide groups is 1. The van der Waals surface area contributed by atoms with Gasteiger partial charge in [-0.2, -0.15) is 0 Å². The Kier molecular flexibility index (Phi) is 6.00. The third-order valence-electron chi connectivity index (χ3n) is 6.27. The number of ether oxygens (including phenoxy) is 3. The Balaban J connectivity index is 1.67. The van der Waals surface area contributed by atoms with E-state index in [1.165, 1.54) is 21.3 Å². The molecule has 3 aromatic rings. The first kappa shape index (κ1) is 23.0. The van der Waals surface area contributed by atoms with Gasteiger partial charge in [0.25, 0.3) is 5.91 Å². The number of rotatable bonds is 6. The molecular formula is C26H23ClN2O6. The standard InChI is InChI=1S/C26H23ClN2O6/c1-32-19-14-21(34-3)20(33-2)13-16(19)23-22-24(35-29(23)15-9-5-4-6-10-15)26(31)28(25(22)30)18-12-8-7-11-17(18)27/h4-14,22-24H,1-3H3/t22-,23-,24+/m1/s1. The number of amides is 2. The van der Waals surface area contributed by atoms with Crippen molar-refractivity contribution in [2.75, 3.05) is 31.3 Å². The van der Waals surface area contributed by atoms with Crippen LogP contribution in [0.3, 0.4) is 0 Å². The van der Waals surface area contributed by atoms with Gasteiger partial charge in [-0.05, 0) is 30.3 Å². The molecule has 0 spiro atoms. The molecule has 0 aromatic heterocycles. The minimum Gasteiger partial charge on any atom is -0.496 e. The molecule has 0 saturated carbocycles. The van der Waals surface area contributed by atoms with Crippen LogP contribution in [0.2, 0.25) is 5.02 Å². The average molecular weight is 495 g/mol. The van der Waals surface area contributed by atoms with Crippen LogP contribution in [-0.4, -0.2) is 39.2 Å². The lowest BCUT2D eigenvalue weighted by atomic mass is 9.89. The van der Waals surface area contributed by atoms with Crippen molar-refractivity contribution in [3.05, 3.63) is 77.3 Å².